The van der Waals surface area contributed by atoms with Gasteiger partial charge in [0.2, 0.25) is 0 Å². The van der Waals surface area contributed by atoms with Crippen molar-refractivity contribution in [3.8, 4) is 0 Å². The van der Waals surface area contributed by atoms with Gasteiger partial charge in [-0.25, -0.2) is 0 Å². The smallest absolute Gasteiger partial charge is 0.306 e. The third kappa shape index (κ3) is 2.51. The van der Waals surface area contributed by atoms with Gasteiger partial charge in [0.15, 0.2) is 0 Å². The van der Waals surface area contributed by atoms with E-state index in [1.165, 1.54) is 25.7 Å². The summed E-state index contributed by atoms with van der Waals surface area (Å²) in [7, 11) is 0. The second-order valence-electron chi connectivity index (χ2n) is 5.03. The number of esters is 1. The molecular weight excluding hydrogens is 190 g/mol. The van der Waals surface area contributed by atoms with Crippen LogP contribution in [0.15, 0.2) is 0 Å². The Hall–Kier alpha value is -0.570. The topological polar surface area (TPSA) is 38.3 Å². The molecule has 0 amide bonds. The fourth-order valence-corrected chi connectivity index (χ4v) is 3.13. The van der Waals surface area contributed by atoms with Crippen LogP contribution in [0.25, 0.3) is 0 Å². The van der Waals surface area contributed by atoms with Crippen LogP contribution >= 0.6 is 0 Å². The molecule has 1 spiro atoms. The minimum absolute atomic E-state index is 0.00807. The summed E-state index contributed by atoms with van der Waals surface area (Å²) in [6.07, 6.45) is 5.72. The van der Waals surface area contributed by atoms with Crippen LogP contribution in [0.2, 0.25) is 0 Å². The van der Waals surface area contributed by atoms with E-state index in [4.69, 9.17) is 4.74 Å². The molecule has 15 heavy (non-hydrogen) atoms. The van der Waals surface area contributed by atoms with E-state index in [0.717, 1.165) is 13.1 Å². The average Bonchev–Trinajstić information content (AvgIpc) is 2.17. The predicted molar refractivity (Wildman–Crippen MR) is 58.5 cm³/mol. The highest BCUT2D eigenvalue weighted by Gasteiger charge is 2.44. The molecule has 0 unspecified atom stereocenters. The molecule has 1 aliphatic heterocycles. The Bertz CT molecular complexity index is 226. The number of hydrogen-bond acceptors (Lipinski definition) is 3. The molecular formula is C12H21NO2. The van der Waals surface area contributed by atoms with Gasteiger partial charge < -0.3 is 10.1 Å². The van der Waals surface area contributed by atoms with Crippen LogP contribution in [0.3, 0.4) is 0 Å². The second-order valence-corrected chi connectivity index (χ2v) is 5.03. The van der Waals surface area contributed by atoms with Crippen LogP contribution in [-0.2, 0) is 9.53 Å². The minimum atomic E-state index is -0.00807. The zero-order valence-corrected chi connectivity index (χ0v) is 9.55. The van der Waals surface area contributed by atoms with Crippen LogP contribution in [-0.4, -0.2) is 25.7 Å². The highest BCUT2D eigenvalue weighted by atomic mass is 16.5. The van der Waals surface area contributed by atoms with Crippen molar-refractivity contribution in [2.75, 3.05) is 19.7 Å². The van der Waals surface area contributed by atoms with E-state index in [-0.39, 0.29) is 5.97 Å². The molecule has 1 heterocycles. The zero-order chi connectivity index (χ0) is 10.7. The standard InChI is InChI=1S/C12H21NO2/c1-2-15-11(14)7-10-8-12(9-10)3-5-13-6-4-12/h10,13H,2-9H2,1H3. The molecule has 1 saturated heterocycles. The molecule has 0 radical (unpaired) electrons. The number of carbonyl (C=O) groups is 1. The Morgan fingerprint density at radius 3 is 2.67 bits per heavy atom. The highest BCUT2D eigenvalue weighted by Crippen LogP contribution is 2.52. The molecule has 0 aromatic rings. The monoisotopic (exact) mass is 211 g/mol. The van der Waals surface area contributed by atoms with Gasteiger partial charge in [0.1, 0.15) is 0 Å². The molecule has 1 aliphatic carbocycles. The van der Waals surface area contributed by atoms with Crippen molar-refractivity contribution >= 4 is 5.97 Å². The third-order valence-corrected chi connectivity index (χ3v) is 3.87. The molecule has 86 valence electrons. The van der Waals surface area contributed by atoms with Crippen LogP contribution in [0.5, 0.6) is 0 Å². The van der Waals surface area contributed by atoms with Crippen molar-refractivity contribution in [2.24, 2.45) is 11.3 Å². The van der Waals surface area contributed by atoms with Crippen molar-refractivity contribution in [2.45, 2.75) is 39.0 Å². The highest BCUT2D eigenvalue weighted by molar-refractivity contribution is 5.69. The van der Waals surface area contributed by atoms with Crippen LogP contribution in [0.1, 0.15) is 39.0 Å². The van der Waals surface area contributed by atoms with E-state index in [1.807, 2.05) is 6.92 Å². The molecule has 2 aliphatic rings. The third-order valence-electron chi connectivity index (χ3n) is 3.87. The molecule has 2 fully saturated rings. The van der Waals surface area contributed by atoms with Crippen LogP contribution < -0.4 is 5.32 Å². The number of piperidine rings is 1. The maximum Gasteiger partial charge on any atom is 0.306 e. The number of hydrogen-bond donors (Lipinski definition) is 1. The lowest BCUT2D eigenvalue weighted by molar-refractivity contribution is -0.146. The van der Waals surface area contributed by atoms with E-state index in [2.05, 4.69) is 5.32 Å². The fraction of sp³-hybridized carbons (Fsp3) is 0.917. The molecule has 0 aromatic carbocycles. The van der Waals surface area contributed by atoms with Crippen molar-refractivity contribution in [3.63, 3.8) is 0 Å². The Morgan fingerprint density at radius 1 is 1.40 bits per heavy atom. The van der Waals surface area contributed by atoms with Crippen LogP contribution in [0.4, 0.5) is 0 Å². The summed E-state index contributed by atoms with van der Waals surface area (Å²) in [5.74, 6) is 0.591. The molecule has 2 rings (SSSR count). The largest absolute Gasteiger partial charge is 0.466 e. The number of ether oxygens (including phenoxy) is 1. The number of nitrogens with one attached hydrogen (secondary N) is 1. The van der Waals surface area contributed by atoms with E-state index in [0.29, 0.717) is 24.4 Å². The molecule has 0 bridgehead atoms. The Balaban J connectivity index is 1.70. The van der Waals surface area contributed by atoms with E-state index < -0.39 is 0 Å². The van der Waals surface area contributed by atoms with Gasteiger partial charge in [-0.2, -0.15) is 0 Å². The van der Waals surface area contributed by atoms with Gasteiger partial charge in [-0.1, -0.05) is 0 Å². The SMILES string of the molecule is CCOC(=O)CC1CC2(CCNCC2)C1. The second kappa shape index (κ2) is 4.52. The normalized spacial score (nSPS) is 24.9. The fourth-order valence-electron chi connectivity index (χ4n) is 3.13. The molecule has 3 nitrogen and oxygen atoms in total. The minimum Gasteiger partial charge on any atom is -0.466 e. The molecule has 1 N–H and O–H groups in total. The molecule has 0 atom stereocenters. The lowest BCUT2D eigenvalue weighted by Gasteiger charge is -2.50. The van der Waals surface area contributed by atoms with Gasteiger partial charge in [0.25, 0.3) is 0 Å². The molecule has 0 aromatic heterocycles. The first-order valence-electron chi connectivity index (χ1n) is 6.10. The Morgan fingerprint density at radius 2 is 2.07 bits per heavy atom. The van der Waals surface area contributed by atoms with E-state index in [1.54, 1.807) is 0 Å². The molecule has 1 saturated carbocycles. The average molecular weight is 211 g/mol. The van der Waals surface area contributed by atoms with Gasteiger partial charge in [-0.05, 0) is 57.0 Å². The van der Waals surface area contributed by atoms with Crippen molar-refractivity contribution < 1.29 is 9.53 Å². The van der Waals surface area contributed by atoms with Gasteiger partial charge in [0.05, 0.1) is 6.61 Å². The summed E-state index contributed by atoms with van der Waals surface area (Å²) in [6, 6.07) is 0. The number of rotatable bonds is 3. The van der Waals surface area contributed by atoms with E-state index >= 15 is 0 Å². The Labute approximate surface area is 91.6 Å². The van der Waals surface area contributed by atoms with Crippen LogP contribution in [0, 0.1) is 11.3 Å². The summed E-state index contributed by atoms with van der Waals surface area (Å²) >= 11 is 0. The van der Waals surface area contributed by atoms with Gasteiger partial charge in [-0.3, -0.25) is 4.79 Å². The summed E-state index contributed by atoms with van der Waals surface area (Å²) in [5.41, 5.74) is 0.586. The first-order valence-corrected chi connectivity index (χ1v) is 6.10. The quantitative estimate of drug-likeness (QED) is 0.722. The first kappa shape index (κ1) is 10.9. The van der Waals surface area contributed by atoms with Crippen molar-refractivity contribution in [1.82, 2.24) is 5.32 Å². The number of carbonyl (C=O) groups excluding carboxylic acids is 1. The lowest BCUT2D eigenvalue weighted by atomic mass is 9.57. The Kier molecular flexibility index (Phi) is 3.29. The zero-order valence-electron chi connectivity index (χ0n) is 9.55. The summed E-state index contributed by atoms with van der Waals surface area (Å²) in [5, 5.41) is 3.39. The molecule has 3 heteroatoms. The summed E-state index contributed by atoms with van der Waals surface area (Å²) < 4.78 is 4.97. The van der Waals surface area contributed by atoms with Gasteiger partial charge in [0, 0.05) is 6.42 Å². The first-order chi connectivity index (χ1) is 7.24. The summed E-state index contributed by atoms with van der Waals surface area (Å²) in [6.45, 7) is 4.70. The van der Waals surface area contributed by atoms with Gasteiger partial charge >= 0.3 is 5.97 Å². The van der Waals surface area contributed by atoms with Crippen molar-refractivity contribution in [1.29, 1.82) is 0 Å². The summed E-state index contributed by atoms with van der Waals surface area (Å²) in [4.78, 5) is 11.3. The predicted octanol–water partition coefficient (Wildman–Crippen LogP) is 1.72. The maximum absolute atomic E-state index is 11.3. The maximum atomic E-state index is 11.3. The lowest BCUT2D eigenvalue weighted by Crippen LogP contribution is -2.45. The van der Waals surface area contributed by atoms with E-state index in [9.17, 15) is 4.79 Å². The van der Waals surface area contributed by atoms with Gasteiger partial charge in [-0.15, -0.1) is 0 Å². The van der Waals surface area contributed by atoms with Crippen molar-refractivity contribution in [3.05, 3.63) is 0 Å².